The quantitative estimate of drug-likeness (QED) is 0.253. The van der Waals surface area contributed by atoms with Gasteiger partial charge in [-0.1, -0.05) is 65.7 Å². The summed E-state index contributed by atoms with van der Waals surface area (Å²) < 4.78 is 31.1. The van der Waals surface area contributed by atoms with Crippen LogP contribution in [0.5, 0.6) is 0 Å². The Hall–Kier alpha value is -3.86. The number of nitrogens with zero attached hydrogens (tertiary/aromatic N) is 4. The van der Waals surface area contributed by atoms with E-state index in [4.69, 9.17) is 23.2 Å². The Morgan fingerprint density at radius 2 is 1.63 bits per heavy atom. The highest BCUT2D eigenvalue weighted by Crippen LogP contribution is 2.25. The van der Waals surface area contributed by atoms with Crippen molar-refractivity contribution < 1.29 is 13.2 Å². The molecule has 4 aromatic rings. The minimum absolute atomic E-state index is 0.0685. The summed E-state index contributed by atoms with van der Waals surface area (Å²) in [5, 5.41) is 4.58. The van der Waals surface area contributed by atoms with Gasteiger partial charge in [0.2, 0.25) is 0 Å². The topological polar surface area (TPSA) is 106 Å². The second kappa shape index (κ2) is 11.3. The number of hydrogen-bond donors (Lipinski definition) is 1. The molecule has 1 amide bonds. The van der Waals surface area contributed by atoms with Gasteiger partial charge in [0.15, 0.2) is 0 Å². The third kappa shape index (κ3) is 5.52. The maximum atomic E-state index is 13.7. The van der Waals surface area contributed by atoms with Gasteiger partial charge in [0.1, 0.15) is 12.2 Å². The van der Waals surface area contributed by atoms with E-state index in [2.05, 4.69) is 10.5 Å². The summed E-state index contributed by atoms with van der Waals surface area (Å²) in [5.74, 6) is -0.755. The Bertz CT molecular complexity index is 1670. The largest absolute Gasteiger partial charge is 0.296 e. The first-order valence-corrected chi connectivity index (χ1v) is 13.5. The van der Waals surface area contributed by atoms with Crippen LogP contribution in [0, 0.1) is 6.92 Å². The third-order valence-electron chi connectivity index (χ3n) is 5.74. The number of benzene rings is 3. The number of rotatable bonds is 8. The first kappa shape index (κ1) is 27.2. The van der Waals surface area contributed by atoms with E-state index in [1.807, 2.05) is 0 Å². The lowest BCUT2D eigenvalue weighted by Gasteiger charge is -2.22. The molecular weight excluding hydrogens is 549 g/mol. The van der Waals surface area contributed by atoms with Crippen LogP contribution in [0.4, 0.5) is 5.69 Å². The van der Waals surface area contributed by atoms with Crippen molar-refractivity contribution in [2.45, 2.75) is 11.8 Å². The van der Waals surface area contributed by atoms with Crippen molar-refractivity contribution in [2.75, 3.05) is 10.8 Å². The predicted octanol–water partition coefficient (Wildman–Crippen LogP) is 4.14. The summed E-state index contributed by atoms with van der Waals surface area (Å²) in [6, 6.07) is 21.2. The van der Waals surface area contributed by atoms with E-state index in [0.717, 1.165) is 4.31 Å². The average molecular weight is 572 g/mol. The first-order valence-electron chi connectivity index (χ1n) is 11.3. The number of halogens is 2. The lowest BCUT2D eigenvalue weighted by atomic mass is 10.2. The van der Waals surface area contributed by atoms with E-state index in [9.17, 15) is 18.0 Å². The van der Waals surface area contributed by atoms with Crippen LogP contribution in [0.1, 0.15) is 11.3 Å². The zero-order valence-corrected chi connectivity index (χ0v) is 22.7. The smallest absolute Gasteiger partial charge is 0.283 e. The maximum Gasteiger partial charge on any atom is 0.296 e. The van der Waals surface area contributed by atoms with Gasteiger partial charge in [-0.2, -0.15) is 5.10 Å². The molecule has 0 fully saturated rings. The Labute approximate surface area is 229 Å². The number of sulfonamides is 1. The molecule has 0 unspecified atom stereocenters. The summed E-state index contributed by atoms with van der Waals surface area (Å²) in [4.78, 5) is 26.5. The van der Waals surface area contributed by atoms with Crippen LogP contribution in [0.3, 0.4) is 0 Å². The van der Waals surface area contributed by atoms with Crippen molar-refractivity contribution in [2.24, 2.45) is 12.1 Å². The third-order valence-corrected chi connectivity index (χ3v) is 8.24. The molecule has 0 aliphatic carbocycles. The van der Waals surface area contributed by atoms with Crippen LogP contribution in [-0.4, -0.2) is 36.4 Å². The van der Waals surface area contributed by atoms with E-state index in [-0.39, 0.29) is 10.6 Å². The number of para-hydroxylation sites is 1. The second-order valence-corrected chi connectivity index (χ2v) is 10.9. The molecule has 0 aliphatic heterocycles. The highest BCUT2D eigenvalue weighted by molar-refractivity contribution is 7.92. The normalized spacial score (nSPS) is 11.6. The average Bonchev–Trinajstić information content (AvgIpc) is 3.13. The van der Waals surface area contributed by atoms with Gasteiger partial charge in [0.25, 0.3) is 21.5 Å². The van der Waals surface area contributed by atoms with Crippen LogP contribution < -0.4 is 15.3 Å². The van der Waals surface area contributed by atoms with Crippen LogP contribution >= 0.6 is 23.2 Å². The van der Waals surface area contributed by atoms with Crippen molar-refractivity contribution in [1.82, 2.24) is 14.8 Å². The van der Waals surface area contributed by atoms with Gasteiger partial charge >= 0.3 is 0 Å². The molecule has 12 heteroatoms. The minimum atomic E-state index is -4.31. The lowest BCUT2D eigenvalue weighted by molar-refractivity contribution is -0.119. The highest BCUT2D eigenvalue weighted by atomic mass is 35.5. The summed E-state index contributed by atoms with van der Waals surface area (Å²) in [7, 11) is -2.66. The van der Waals surface area contributed by atoms with Gasteiger partial charge in [-0.3, -0.25) is 14.3 Å². The number of anilines is 1. The number of aromatic nitrogens is 2. The maximum absolute atomic E-state index is 13.7. The Balaban J connectivity index is 1.72. The Kier molecular flexibility index (Phi) is 8.05. The molecule has 1 N–H and O–H groups in total. The molecule has 1 aromatic heterocycles. The number of amides is 1. The summed E-state index contributed by atoms with van der Waals surface area (Å²) in [6.07, 6.45) is 1.34. The van der Waals surface area contributed by atoms with E-state index >= 15 is 0 Å². The van der Waals surface area contributed by atoms with E-state index in [1.165, 1.54) is 23.0 Å². The van der Waals surface area contributed by atoms with Crippen LogP contribution in [-0.2, 0) is 21.9 Å². The molecule has 196 valence electrons. The number of hydrazone groups is 1. The highest BCUT2D eigenvalue weighted by Gasteiger charge is 2.33. The number of nitrogens with one attached hydrogen (secondary N) is 1. The van der Waals surface area contributed by atoms with Crippen molar-refractivity contribution in [3.8, 4) is 5.69 Å². The molecule has 9 nitrogen and oxygen atoms in total. The fourth-order valence-electron chi connectivity index (χ4n) is 3.78. The van der Waals surface area contributed by atoms with Gasteiger partial charge in [0.05, 0.1) is 32.5 Å². The molecule has 0 bridgehead atoms. The molecule has 0 atom stereocenters. The van der Waals surface area contributed by atoms with Crippen molar-refractivity contribution in [3.63, 3.8) is 0 Å². The van der Waals surface area contributed by atoms with Crippen molar-refractivity contribution in [3.05, 3.63) is 111 Å². The fourth-order valence-corrected chi connectivity index (χ4v) is 5.58. The number of carbonyl (C=O) groups is 1. The van der Waals surface area contributed by atoms with Crippen molar-refractivity contribution >= 4 is 51.0 Å². The minimum Gasteiger partial charge on any atom is -0.283 e. The van der Waals surface area contributed by atoms with Gasteiger partial charge in [-0.15, -0.1) is 0 Å². The molecule has 38 heavy (non-hydrogen) atoms. The van der Waals surface area contributed by atoms with Gasteiger partial charge in [-0.05, 0) is 48.9 Å². The summed E-state index contributed by atoms with van der Waals surface area (Å²) in [5.41, 5.74) is 3.03. The SMILES string of the molecule is Cc1c(N(CC(=O)N/N=C\c2ccc(Cl)c(Cl)c2)S(=O)(=O)c2ccccc2)c(=O)n(-c2ccccc2)n1C. The fraction of sp³-hybridized carbons (Fsp3) is 0.115. The second-order valence-electron chi connectivity index (χ2n) is 8.20. The standard InChI is InChI=1S/C26H23Cl2N5O4S/c1-18-25(26(35)33(31(18)2)20-9-5-3-6-10-20)32(38(36,37)21-11-7-4-8-12-21)17-24(34)30-29-16-19-13-14-22(27)23(28)15-19/h3-16H,17H2,1-2H3,(H,30,34)/b29-16-. The predicted molar refractivity (Wildman–Crippen MR) is 149 cm³/mol. The van der Waals surface area contributed by atoms with Gasteiger partial charge in [-0.25, -0.2) is 22.8 Å². The van der Waals surface area contributed by atoms with Gasteiger partial charge < -0.3 is 0 Å². The van der Waals surface area contributed by atoms with Crippen LogP contribution in [0.25, 0.3) is 5.69 Å². The zero-order chi connectivity index (χ0) is 27.4. The van der Waals surface area contributed by atoms with E-state index < -0.39 is 28.0 Å². The molecule has 3 aromatic carbocycles. The first-order chi connectivity index (χ1) is 18.1. The molecule has 0 spiro atoms. The lowest BCUT2D eigenvalue weighted by Crippen LogP contribution is -2.42. The molecule has 4 rings (SSSR count). The Morgan fingerprint density at radius 1 is 1.00 bits per heavy atom. The van der Waals surface area contributed by atoms with Gasteiger partial charge in [0, 0.05) is 7.05 Å². The van der Waals surface area contributed by atoms with Crippen LogP contribution in [0.15, 0.2) is 93.7 Å². The van der Waals surface area contributed by atoms with Crippen LogP contribution in [0.2, 0.25) is 10.0 Å². The van der Waals surface area contributed by atoms with Crippen molar-refractivity contribution in [1.29, 1.82) is 0 Å². The molecule has 0 saturated carbocycles. The van der Waals surface area contributed by atoms with E-state index in [0.29, 0.717) is 27.0 Å². The number of carbonyl (C=O) groups excluding carboxylic acids is 1. The zero-order valence-electron chi connectivity index (χ0n) is 20.4. The monoisotopic (exact) mass is 571 g/mol. The number of hydrogen-bond acceptors (Lipinski definition) is 5. The molecule has 0 radical (unpaired) electrons. The summed E-state index contributed by atoms with van der Waals surface area (Å²) in [6.45, 7) is 0.925. The molecule has 0 aliphatic rings. The van der Waals surface area contributed by atoms with E-state index in [1.54, 1.807) is 85.4 Å². The molecular formula is C26H23Cl2N5O4S. The Morgan fingerprint density at radius 3 is 2.26 bits per heavy atom. The molecule has 1 heterocycles. The summed E-state index contributed by atoms with van der Waals surface area (Å²) >= 11 is 11.9. The molecule has 0 saturated heterocycles.